The number of furan rings is 1. The molecule has 7 nitrogen and oxygen atoms in total. The maximum Gasteiger partial charge on any atom is 0.288 e. The molecule has 0 aliphatic rings. The van der Waals surface area contributed by atoms with E-state index >= 15 is 0 Å². The van der Waals surface area contributed by atoms with Gasteiger partial charge in [0.15, 0.2) is 10.9 Å². The summed E-state index contributed by atoms with van der Waals surface area (Å²) in [6.45, 7) is 0. The molecule has 0 aliphatic heterocycles. The first kappa shape index (κ1) is 21.4. The summed E-state index contributed by atoms with van der Waals surface area (Å²) in [6.07, 6.45) is 0.213. The molecular formula is C16H16Cl3N3O4S. The second-order valence-electron chi connectivity index (χ2n) is 5.09. The molecule has 0 saturated carbocycles. The number of amides is 1. The number of alkyl halides is 3. The zero-order chi connectivity index (χ0) is 20.0. The molecule has 0 saturated heterocycles. The van der Waals surface area contributed by atoms with Crippen molar-refractivity contribution in [2.24, 2.45) is 0 Å². The van der Waals surface area contributed by atoms with Crippen LogP contribution in [-0.2, 0) is 0 Å². The van der Waals surface area contributed by atoms with Crippen LogP contribution in [0.4, 0.5) is 5.69 Å². The molecule has 1 heterocycles. The summed E-state index contributed by atoms with van der Waals surface area (Å²) >= 11 is 23.1. The van der Waals surface area contributed by atoms with E-state index in [-0.39, 0.29) is 10.9 Å². The summed E-state index contributed by atoms with van der Waals surface area (Å²) in [5.41, 5.74) is 0.523. The number of halogens is 3. The number of methoxy groups -OCH3 is 2. The quantitative estimate of drug-likeness (QED) is 0.350. The molecule has 27 heavy (non-hydrogen) atoms. The largest absolute Gasteiger partial charge is 0.497 e. The zero-order valence-corrected chi connectivity index (χ0v) is 17.3. The van der Waals surface area contributed by atoms with Gasteiger partial charge in [-0.25, -0.2) is 0 Å². The topological polar surface area (TPSA) is 84.8 Å². The number of rotatable bonds is 6. The van der Waals surface area contributed by atoms with Crippen molar-refractivity contribution in [2.75, 3.05) is 19.5 Å². The minimum atomic E-state index is -1.90. The van der Waals surface area contributed by atoms with Crippen molar-refractivity contribution in [1.82, 2.24) is 10.6 Å². The van der Waals surface area contributed by atoms with Crippen LogP contribution in [-0.4, -0.2) is 35.2 Å². The highest BCUT2D eigenvalue weighted by molar-refractivity contribution is 7.80. The average molecular weight is 453 g/mol. The number of ether oxygens (including phenoxy) is 2. The van der Waals surface area contributed by atoms with Crippen LogP contribution in [0.25, 0.3) is 0 Å². The van der Waals surface area contributed by atoms with E-state index in [2.05, 4.69) is 16.0 Å². The van der Waals surface area contributed by atoms with E-state index in [1.54, 1.807) is 24.3 Å². The van der Waals surface area contributed by atoms with E-state index in [0.717, 1.165) is 0 Å². The Balaban J connectivity index is 2.11. The summed E-state index contributed by atoms with van der Waals surface area (Å²) < 4.78 is 13.6. The van der Waals surface area contributed by atoms with E-state index in [1.807, 2.05) is 0 Å². The highest BCUT2D eigenvalue weighted by Gasteiger charge is 2.35. The molecule has 0 fully saturated rings. The van der Waals surface area contributed by atoms with Gasteiger partial charge in [-0.05, 0) is 36.5 Å². The first-order chi connectivity index (χ1) is 12.7. The molecule has 1 atom stereocenters. The second kappa shape index (κ2) is 9.36. The first-order valence-electron chi connectivity index (χ1n) is 7.45. The van der Waals surface area contributed by atoms with Gasteiger partial charge in [0.25, 0.3) is 5.91 Å². The van der Waals surface area contributed by atoms with Crippen molar-refractivity contribution in [3.63, 3.8) is 0 Å². The monoisotopic (exact) mass is 451 g/mol. The van der Waals surface area contributed by atoms with Gasteiger partial charge in [-0.1, -0.05) is 34.8 Å². The Hall–Kier alpha value is -1.87. The van der Waals surface area contributed by atoms with Gasteiger partial charge in [0.2, 0.25) is 3.79 Å². The predicted octanol–water partition coefficient (Wildman–Crippen LogP) is 3.71. The van der Waals surface area contributed by atoms with Gasteiger partial charge in [-0.2, -0.15) is 0 Å². The third-order valence-corrected chi connectivity index (χ3v) is 4.15. The highest BCUT2D eigenvalue weighted by Crippen LogP contribution is 2.31. The number of nitrogens with one attached hydrogen (secondary N) is 3. The number of anilines is 1. The lowest BCUT2D eigenvalue weighted by atomic mass is 10.2. The summed E-state index contributed by atoms with van der Waals surface area (Å²) in [5, 5.41) is 8.24. The molecule has 1 aromatic carbocycles. The van der Waals surface area contributed by atoms with Crippen LogP contribution in [0.3, 0.4) is 0 Å². The zero-order valence-electron chi connectivity index (χ0n) is 14.2. The van der Waals surface area contributed by atoms with Crippen LogP contribution in [0.1, 0.15) is 10.6 Å². The molecule has 0 aliphatic carbocycles. The fourth-order valence-corrected chi connectivity index (χ4v) is 2.57. The first-order valence-corrected chi connectivity index (χ1v) is 8.99. The Bertz CT molecular complexity index is 797. The van der Waals surface area contributed by atoms with Crippen molar-refractivity contribution in [3.8, 4) is 11.5 Å². The Labute approximate surface area is 176 Å². The minimum Gasteiger partial charge on any atom is -0.497 e. The van der Waals surface area contributed by atoms with Crippen LogP contribution < -0.4 is 25.4 Å². The molecule has 0 radical (unpaired) electrons. The van der Waals surface area contributed by atoms with Crippen LogP contribution in [0.5, 0.6) is 11.5 Å². The normalized spacial score (nSPS) is 12.0. The van der Waals surface area contributed by atoms with Crippen molar-refractivity contribution in [1.29, 1.82) is 0 Å². The molecular weight excluding hydrogens is 437 g/mol. The number of hydrogen-bond acceptors (Lipinski definition) is 5. The van der Waals surface area contributed by atoms with Gasteiger partial charge in [0.05, 0.1) is 26.2 Å². The summed E-state index contributed by atoms with van der Waals surface area (Å²) in [4.78, 5) is 12.2. The van der Waals surface area contributed by atoms with Gasteiger partial charge in [-0.15, -0.1) is 0 Å². The van der Waals surface area contributed by atoms with Gasteiger partial charge >= 0.3 is 0 Å². The Morgan fingerprint density at radius 2 is 1.93 bits per heavy atom. The Kier molecular flexibility index (Phi) is 7.43. The molecule has 0 spiro atoms. The van der Waals surface area contributed by atoms with Gasteiger partial charge in [0, 0.05) is 6.07 Å². The second-order valence-corrected chi connectivity index (χ2v) is 7.87. The fourth-order valence-electron chi connectivity index (χ4n) is 2.01. The standard InChI is InChI=1S/C16H16Cl3N3O4S/c1-24-9-5-6-11(25-2)10(8-9)20-15(27)22-14(16(17,18)19)21-13(23)12-4-3-7-26-12/h3-8,14H,1-2H3,(H,21,23)(H2,20,22,27)/t14-/m0/s1. The number of thiocarbonyl (C=S) groups is 1. The maximum atomic E-state index is 12.2. The van der Waals surface area contributed by atoms with E-state index < -0.39 is 15.9 Å². The van der Waals surface area contributed by atoms with Crippen molar-refractivity contribution >= 4 is 63.7 Å². The van der Waals surface area contributed by atoms with E-state index in [4.69, 9.17) is 60.9 Å². The third-order valence-electron chi connectivity index (χ3n) is 3.28. The van der Waals surface area contributed by atoms with E-state index in [9.17, 15) is 4.79 Å². The lowest BCUT2D eigenvalue weighted by Crippen LogP contribution is -2.56. The predicted molar refractivity (Wildman–Crippen MR) is 109 cm³/mol. The average Bonchev–Trinajstić information content (AvgIpc) is 3.15. The third kappa shape index (κ3) is 6.07. The molecule has 11 heteroatoms. The molecule has 146 valence electrons. The molecule has 0 unspecified atom stereocenters. The minimum absolute atomic E-state index is 0.0596. The number of benzene rings is 1. The maximum absolute atomic E-state index is 12.2. The van der Waals surface area contributed by atoms with Crippen molar-refractivity contribution in [2.45, 2.75) is 9.96 Å². The van der Waals surface area contributed by atoms with Crippen LogP contribution in [0.2, 0.25) is 0 Å². The fraction of sp³-hybridized carbons (Fsp3) is 0.250. The number of carbonyl (C=O) groups is 1. The summed E-state index contributed by atoms with van der Waals surface area (Å²) in [6, 6.07) is 8.15. The van der Waals surface area contributed by atoms with Gasteiger partial charge in [-0.3, -0.25) is 4.79 Å². The number of hydrogen-bond donors (Lipinski definition) is 3. The van der Waals surface area contributed by atoms with Gasteiger partial charge < -0.3 is 29.8 Å². The molecule has 1 amide bonds. The van der Waals surface area contributed by atoms with Crippen LogP contribution in [0.15, 0.2) is 41.0 Å². The van der Waals surface area contributed by atoms with Crippen molar-refractivity contribution < 1.29 is 18.7 Å². The molecule has 2 aromatic rings. The SMILES string of the molecule is COc1ccc(OC)c(NC(=S)N[C@H](NC(=O)c2ccco2)C(Cl)(Cl)Cl)c1. The Morgan fingerprint density at radius 1 is 1.19 bits per heavy atom. The smallest absolute Gasteiger partial charge is 0.288 e. The lowest BCUT2D eigenvalue weighted by Gasteiger charge is -2.27. The number of carbonyl (C=O) groups excluding carboxylic acids is 1. The summed E-state index contributed by atoms with van der Waals surface area (Å²) in [5.74, 6) is 0.588. The van der Waals surface area contributed by atoms with E-state index in [0.29, 0.717) is 17.2 Å². The molecule has 0 bridgehead atoms. The molecule has 1 aromatic heterocycles. The lowest BCUT2D eigenvalue weighted by molar-refractivity contribution is 0.0906. The molecule has 3 N–H and O–H groups in total. The van der Waals surface area contributed by atoms with Gasteiger partial charge in [0.1, 0.15) is 17.7 Å². The molecule has 2 rings (SSSR count). The van der Waals surface area contributed by atoms with E-state index in [1.165, 1.54) is 26.5 Å². The highest BCUT2D eigenvalue weighted by atomic mass is 35.6. The van der Waals surface area contributed by atoms with Crippen LogP contribution in [0, 0.1) is 0 Å². The van der Waals surface area contributed by atoms with Crippen molar-refractivity contribution in [3.05, 3.63) is 42.4 Å². The Morgan fingerprint density at radius 3 is 2.48 bits per heavy atom. The van der Waals surface area contributed by atoms with Crippen LogP contribution >= 0.6 is 47.0 Å². The summed E-state index contributed by atoms with van der Waals surface area (Å²) in [7, 11) is 3.04.